The highest BCUT2D eigenvalue weighted by Crippen LogP contribution is 2.33. The van der Waals surface area contributed by atoms with E-state index in [1.165, 1.54) is 23.3 Å². The Labute approximate surface area is 157 Å². The summed E-state index contributed by atoms with van der Waals surface area (Å²) in [5.74, 6) is 1.56. The highest BCUT2D eigenvalue weighted by Gasteiger charge is 2.27. The zero-order valence-corrected chi connectivity index (χ0v) is 15.8. The van der Waals surface area contributed by atoms with E-state index in [0.29, 0.717) is 6.04 Å². The van der Waals surface area contributed by atoms with Crippen molar-refractivity contribution in [1.82, 2.24) is 25.1 Å². The Morgan fingerprint density at radius 2 is 2.00 bits per heavy atom. The Morgan fingerprint density at radius 3 is 2.77 bits per heavy atom. The fraction of sp³-hybridized carbons (Fsp3) is 0.368. The minimum absolute atomic E-state index is 0.327. The second-order valence-corrected chi connectivity index (χ2v) is 7.77. The van der Waals surface area contributed by atoms with Crippen LogP contribution in [0.3, 0.4) is 0 Å². The number of hydrogen-bond acceptors (Lipinski definition) is 7. The predicted octanol–water partition coefficient (Wildman–Crippen LogP) is 4.03. The topological polar surface area (TPSA) is 66.8 Å². The normalized spacial score (nSPS) is 17.5. The third-order valence-electron chi connectivity index (χ3n) is 4.55. The van der Waals surface area contributed by atoms with Crippen molar-refractivity contribution in [3.8, 4) is 0 Å². The molecule has 1 fully saturated rings. The minimum Gasteiger partial charge on any atom is -0.315 e. The molecule has 3 aromatic rings. The van der Waals surface area contributed by atoms with Gasteiger partial charge in [-0.1, -0.05) is 41.7 Å². The van der Waals surface area contributed by atoms with Crippen LogP contribution in [-0.2, 0) is 6.54 Å². The summed E-state index contributed by atoms with van der Waals surface area (Å²) < 4.78 is 0. The van der Waals surface area contributed by atoms with Gasteiger partial charge in [-0.3, -0.25) is 4.90 Å². The third-order valence-corrected chi connectivity index (χ3v) is 5.31. The van der Waals surface area contributed by atoms with Crippen molar-refractivity contribution in [1.29, 1.82) is 0 Å². The van der Waals surface area contributed by atoms with E-state index in [0.717, 1.165) is 47.0 Å². The summed E-state index contributed by atoms with van der Waals surface area (Å²) in [5.41, 5.74) is 2.42. The molecule has 6 nitrogen and oxygen atoms in total. The highest BCUT2D eigenvalue weighted by atomic mass is 32.1. The first kappa shape index (κ1) is 17.1. The average Bonchev–Trinajstić information content (AvgIpc) is 3.24. The van der Waals surface area contributed by atoms with Crippen LogP contribution in [0, 0.1) is 13.8 Å². The fourth-order valence-corrected chi connectivity index (χ4v) is 4.05. The summed E-state index contributed by atoms with van der Waals surface area (Å²) in [6, 6.07) is 13.0. The molecular weight excluding hydrogens is 344 g/mol. The van der Waals surface area contributed by atoms with E-state index < -0.39 is 0 Å². The van der Waals surface area contributed by atoms with Crippen LogP contribution in [0.25, 0.3) is 0 Å². The molecule has 2 aromatic heterocycles. The smallest absolute Gasteiger partial charge is 0.211 e. The lowest BCUT2D eigenvalue weighted by Gasteiger charge is -2.24. The zero-order valence-electron chi connectivity index (χ0n) is 15.0. The first-order chi connectivity index (χ1) is 12.7. The van der Waals surface area contributed by atoms with E-state index >= 15 is 0 Å². The molecule has 4 rings (SSSR count). The van der Waals surface area contributed by atoms with E-state index in [-0.39, 0.29) is 0 Å². The summed E-state index contributed by atoms with van der Waals surface area (Å²) in [6.07, 6.45) is 2.32. The number of likely N-dealkylation sites (tertiary alicyclic amines) is 1. The lowest BCUT2D eigenvalue weighted by atomic mass is 10.1. The number of benzene rings is 1. The number of aryl methyl sites for hydroxylation is 2. The average molecular weight is 366 g/mol. The number of hydrogen-bond donors (Lipinski definition) is 1. The highest BCUT2D eigenvalue weighted by molar-refractivity contribution is 7.15. The van der Waals surface area contributed by atoms with Gasteiger partial charge >= 0.3 is 0 Å². The van der Waals surface area contributed by atoms with Gasteiger partial charge in [0.25, 0.3) is 0 Å². The molecule has 1 N–H and O–H groups in total. The van der Waals surface area contributed by atoms with Gasteiger partial charge in [-0.05, 0) is 38.8 Å². The lowest BCUT2D eigenvalue weighted by Crippen LogP contribution is -2.24. The van der Waals surface area contributed by atoms with E-state index in [1.54, 1.807) is 0 Å². The number of aromatic nitrogens is 4. The summed E-state index contributed by atoms with van der Waals surface area (Å²) in [4.78, 5) is 11.8. The largest absolute Gasteiger partial charge is 0.315 e. The van der Waals surface area contributed by atoms with Crippen molar-refractivity contribution in [3.63, 3.8) is 0 Å². The van der Waals surface area contributed by atoms with Crippen molar-refractivity contribution in [2.24, 2.45) is 0 Å². The molecule has 134 valence electrons. The second-order valence-electron chi connectivity index (χ2n) is 6.59. The van der Waals surface area contributed by atoms with Gasteiger partial charge in [0.2, 0.25) is 5.13 Å². The van der Waals surface area contributed by atoms with Gasteiger partial charge in [-0.25, -0.2) is 9.97 Å². The summed E-state index contributed by atoms with van der Waals surface area (Å²) in [5, 5.41) is 13.1. The standard InChI is InChI=1S/C19H22N6S/c1-13-20-16(11-18(21-13)22-19-24-23-14(2)26-19)17-9-6-10-25(17)12-15-7-4-3-5-8-15/h3-5,7-8,11,17H,6,9-10,12H2,1-2H3,(H,20,21,22,24)/t17-/m1/s1. The molecule has 3 heterocycles. The van der Waals surface area contributed by atoms with Crippen LogP contribution in [0.15, 0.2) is 36.4 Å². The van der Waals surface area contributed by atoms with Crippen molar-refractivity contribution in [2.45, 2.75) is 39.3 Å². The SMILES string of the molecule is Cc1nc(Nc2nnc(C)s2)cc([C@H]2CCCN2Cc2ccccc2)n1. The van der Waals surface area contributed by atoms with Gasteiger partial charge in [0.1, 0.15) is 16.6 Å². The Morgan fingerprint density at radius 1 is 1.15 bits per heavy atom. The molecule has 0 radical (unpaired) electrons. The molecule has 0 saturated carbocycles. The maximum absolute atomic E-state index is 4.73. The van der Waals surface area contributed by atoms with Gasteiger partial charge in [0, 0.05) is 12.6 Å². The zero-order chi connectivity index (χ0) is 17.9. The molecule has 0 bridgehead atoms. The Balaban J connectivity index is 1.55. The van der Waals surface area contributed by atoms with Crippen LogP contribution in [0.1, 0.15) is 41.0 Å². The van der Waals surface area contributed by atoms with Crippen molar-refractivity contribution in [3.05, 3.63) is 58.5 Å². The van der Waals surface area contributed by atoms with Gasteiger partial charge in [0.15, 0.2) is 0 Å². The fourth-order valence-electron chi connectivity index (χ4n) is 3.45. The molecule has 0 amide bonds. The molecule has 1 aromatic carbocycles. The summed E-state index contributed by atoms with van der Waals surface area (Å²) in [6.45, 7) is 5.93. The minimum atomic E-state index is 0.327. The second kappa shape index (κ2) is 7.47. The molecular formula is C19H22N6S. The number of anilines is 2. The molecule has 7 heteroatoms. The molecule has 26 heavy (non-hydrogen) atoms. The van der Waals surface area contributed by atoms with Crippen molar-refractivity contribution in [2.75, 3.05) is 11.9 Å². The molecule has 0 unspecified atom stereocenters. The van der Waals surface area contributed by atoms with E-state index in [9.17, 15) is 0 Å². The number of nitrogens with one attached hydrogen (secondary N) is 1. The molecule has 1 saturated heterocycles. The Kier molecular flexibility index (Phi) is 4.90. The van der Waals surface area contributed by atoms with Crippen molar-refractivity contribution >= 4 is 22.3 Å². The van der Waals surface area contributed by atoms with Crippen LogP contribution >= 0.6 is 11.3 Å². The maximum atomic E-state index is 4.73. The third kappa shape index (κ3) is 3.89. The molecule has 1 aliphatic heterocycles. The lowest BCUT2D eigenvalue weighted by molar-refractivity contribution is 0.244. The number of nitrogens with zero attached hydrogens (tertiary/aromatic N) is 5. The summed E-state index contributed by atoms with van der Waals surface area (Å²) in [7, 11) is 0. The maximum Gasteiger partial charge on any atom is 0.211 e. The Bertz CT molecular complexity index is 879. The molecule has 0 aliphatic carbocycles. The van der Waals surface area contributed by atoms with Gasteiger partial charge in [-0.15, -0.1) is 10.2 Å². The van der Waals surface area contributed by atoms with Crippen LogP contribution in [0.5, 0.6) is 0 Å². The summed E-state index contributed by atoms with van der Waals surface area (Å²) >= 11 is 1.52. The van der Waals surface area contributed by atoms with Gasteiger partial charge in [0.05, 0.1) is 11.7 Å². The quantitative estimate of drug-likeness (QED) is 0.735. The van der Waals surface area contributed by atoms with E-state index in [4.69, 9.17) is 4.98 Å². The van der Waals surface area contributed by atoms with Crippen LogP contribution in [0.2, 0.25) is 0 Å². The van der Waals surface area contributed by atoms with Crippen LogP contribution in [0.4, 0.5) is 10.9 Å². The Hall–Kier alpha value is -2.38. The van der Waals surface area contributed by atoms with Crippen LogP contribution < -0.4 is 5.32 Å². The number of rotatable bonds is 5. The first-order valence-corrected chi connectivity index (χ1v) is 9.70. The van der Waals surface area contributed by atoms with E-state index in [2.05, 4.69) is 61.8 Å². The first-order valence-electron chi connectivity index (χ1n) is 8.88. The molecule has 1 atom stereocenters. The molecule has 0 spiro atoms. The van der Waals surface area contributed by atoms with Gasteiger partial charge in [-0.2, -0.15) is 0 Å². The predicted molar refractivity (Wildman–Crippen MR) is 104 cm³/mol. The van der Waals surface area contributed by atoms with E-state index in [1.807, 2.05) is 13.8 Å². The monoisotopic (exact) mass is 366 g/mol. The van der Waals surface area contributed by atoms with Gasteiger partial charge < -0.3 is 5.32 Å². The van der Waals surface area contributed by atoms with Crippen molar-refractivity contribution < 1.29 is 0 Å². The van der Waals surface area contributed by atoms with Crippen LogP contribution in [-0.4, -0.2) is 31.6 Å². The molecule has 1 aliphatic rings.